The zero-order valence-electron chi connectivity index (χ0n) is 13.1. The fraction of sp³-hybridized carbons (Fsp3) is 0.0526. The highest BCUT2D eigenvalue weighted by Gasteiger charge is 2.14. The maximum absolute atomic E-state index is 13.2. The van der Waals surface area contributed by atoms with Crippen molar-refractivity contribution >= 4 is 17.2 Å². The molecule has 0 aliphatic rings. The first-order valence-corrected chi connectivity index (χ1v) is 7.62. The van der Waals surface area contributed by atoms with Crippen LogP contribution in [0.15, 0.2) is 67.1 Å². The zero-order valence-corrected chi connectivity index (χ0v) is 13.1. The van der Waals surface area contributed by atoms with Gasteiger partial charge in [0.05, 0.1) is 6.20 Å². The van der Waals surface area contributed by atoms with Crippen LogP contribution in [0.5, 0.6) is 0 Å². The predicted molar refractivity (Wildman–Crippen MR) is 92.8 cm³/mol. The van der Waals surface area contributed by atoms with Gasteiger partial charge in [0, 0.05) is 23.6 Å². The summed E-state index contributed by atoms with van der Waals surface area (Å²) in [5.41, 5.74) is 4.48. The number of rotatable bonds is 3. The van der Waals surface area contributed by atoms with Crippen molar-refractivity contribution in [3.63, 3.8) is 0 Å². The quantitative estimate of drug-likeness (QED) is 0.601. The topological polar surface area (TPSA) is 42.2 Å². The fourth-order valence-corrected chi connectivity index (χ4v) is 2.61. The summed E-state index contributed by atoms with van der Waals surface area (Å²) >= 11 is 0. The molecule has 5 heteroatoms. The molecular formula is C19H15FN4. The van der Waals surface area contributed by atoms with Crippen LogP contribution in [-0.2, 0) is 0 Å². The lowest BCUT2D eigenvalue weighted by atomic mass is 10.1. The molecule has 2 heterocycles. The smallest absolute Gasteiger partial charge is 0.157 e. The lowest BCUT2D eigenvalue weighted by Gasteiger charge is -2.09. The highest BCUT2D eigenvalue weighted by atomic mass is 19.1. The number of halogens is 1. The highest BCUT2D eigenvalue weighted by Crippen LogP contribution is 2.31. The molecule has 4 aromatic rings. The minimum atomic E-state index is -0.266. The van der Waals surface area contributed by atoms with Gasteiger partial charge in [-0.05, 0) is 43.3 Å². The Balaban J connectivity index is 1.86. The highest BCUT2D eigenvalue weighted by molar-refractivity contribution is 5.79. The fourth-order valence-electron chi connectivity index (χ4n) is 2.61. The van der Waals surface area contributed by atoms with Gasteiger partial charge in [-0.15, -0.1) is 0 Å². The number of hydrogen-bond donors (Lipinski definition) is 1. The number of fused-ring (bicyclic) bond motifs is 1. The van der Waals surface area contributed by atoms with Gasteiger partial charge in [0.25, 0.3) is 0 Å². The molecule has 0 fully saturated rings. The van der Waals surface area contributed by atoms with E-state index in [0.717, 1.165) is 28.4 Å². The van der Waals surface area contributed by atoms with E-state index in [0.29, 0.717) is 0 Å². The summed E-state index contributed by atoms with van der Waals surface area (Å²) in [7, 11) is 0. The van der Waals surface area contributed by atoms with E-state index in [2.05, 4.69) is 15.3 Å². The van der Waals surface area contributed by atoms with E-state index >= 15 is 0 Å². The Hall–Kier alpha value is -3.21. The molecule has 0 spiro atoms. The van der Waals surface area contributed by atoms with Crippen LogP contribution >= 0.6 is 0 Å². The van der Waals surface area contributed by atoms with Crippen LogP contribution in [0.2, 0.25) is 0 Å². The summed E-state index contributed by atoms with van der Waals surface area (Å²) in [6, 6.07) is 14.5. The molecule has 24 heavy (non-hydrogen) atoms. The predicted octanol–water partition coefficient (Wildman–Crippen LogP) is 4.59. The second-order valence-corrected chi connectivity index (χ2v) is 5.61. The molecule has 0 aliphatic heterocycles. The Kier molecular flexibility index (Phi) is 3.46. The van der Waals surface area contributed by atoms with Crippen molar-refractivity contribution in [3.8, 4) is 11.3 Å². The third kappa shape index (κ3) is 2.60. The first-order chi connectivity index (χ1) is 11.7. The second-order valence-electron chi connectivity index (χ2n) is 5.61. The lowest BCUT2D eigenvalue weighted by molar-refractivity contribution is 0.628. The van der Waals surface area contributed by atoms with Crippen LogP contribution in [0.25, 0.3) is 16.9 Å². The number of aromatic nitrogens is 3. The van der Waals surface area contributed by atoms with E-state index in [9.17, 15) is 4.39 Å². The Bertz CT molecular complexity index is 988. The lowest BCUT2D eigenvalue weighted by Crippen LogP contribution is -1.97. The van der Waals surface area contributed by atoms with Crippen molar-refractivity contribution in [3.05, 3.63) is 78.5 Å². The van der Waals surface area contributed by atoms with Gasteiger partial charge in [-0.3, -0.25) is 9.38 Å². The van der Waals surface area contributed by atoms with Crippen LogP contribution in [0.3, 0.4) is 0 Å². The average molecular weight is 318 g/mol. The first-order valence-electron chi connectivity index (χ1n) is 7.62. The Morgan fingerprint density at radius 2 is 1.75 bits per heavy atom. The Labute approximate surface area is 138 Å². The van der Waals surface area contributed by atoms with Crippen LogP contribution in [-0.4, -0.2) is 14.4 Å². The van der Waals surface area contributed by atoms with Crippen LogP contribution in [0.1, 0.15) is 5.56 Å². The van der Waals surface area contributed by atoms with Crippen LogP contribution in [0.4, 0.5) is 15.9 Å². The monoisotopic (exact) mass is 318 g/mol. The van der Waals surface area contributed by atoms with Gasteiger partial charge in [-0.25, -0.2) is 9.37 Å². The third-order valence-corrected chi connectivity index (χ3v) is 3.86. The molecule has 1 N–H and O–H groups in total. The van der Waals surface area contributed by atoms with E-state index in [1.807, 2.05) is 41.8 Å². The van der Waals surface area contributed by atoms with Gasteiger partial charge >= 0.3 is 0 Å². The van der Waals surface area contributed by atoms with E-state index in [4.69, 9.17) is 0 Å². The molecular weight excluding hydrogens is 303 g/mol. The summed E-state index contributed by atoms with van der Waals surface area (Å²) in [4.78, 5) is 8.76. The minimum Gasteiger partial charge on any atom is -0.339 e. The van der Waals surface area contributed by atoms with Crippen molar-refractivity contribution < 1.29 is 4.39 Å². The second kappa shape index (κ2) is 5.77. The summed E-state index contributed by atoms with van der Waals surface area (Å²) in [5.74, 6) is 0.556. The van der Waals surface area contributed by atoms with Crippen molar-refractivity contribution in [2.75, 3.05) is 5.32 Å². The van der Waals surface area contributed by atoms with Crippen molar-refractivity contribution in [2.45, 2.75) is 6.92 Å². The van der Waals surface area contributed by atoms with Crippen LogP contribution < -0.4 is 5.32 Å². The van der Waals surface area contributed by atoms with Gasteiger partial charge in [0.1, 0.15) is 17.3 Å². The van der Waals surface area contributed by atoms with E-state index in [1.54, 1.807) is 24.5 Å². The number of nitrogens with one attached hydrogen (secondary N) is 1. The van der Waals surface area contributed by atoms with Crippen molar-refractivity contribution in [1.29, 1.82) is 0 Å². The molecule has 0 saturated heterocycles. The van der Waals surface area contributed by atoms with E-state index in [-0.39, 0.29) is 5.82 Å². The standard InChI is InChI=1S/C19H15FN4/c1-13-2-8-16(9-3-13)22-19-18(14-4-6-15(20)7-5-14)23-17-12-21-10-11-24(17)19/h2-12,22H,1H3. The molecule has 0 aliphatic carbocycles. The number of imidazole rings is 1. The van der Waals surface area contributed by atoms with E-state index in [1.165, 1.54) is 17.7 Å². The first kappa shape index (κ1) is 14.4. The Morgan fingerprint density at radius 3 is 2.50 bits per heavy atom. The molecule has 0 atom stereocenters. The minimum absolute atomic E-state index is 0.266. The molecule has 4 nitrogen and oxygen atoms in total. The average Bonchev–Trinajstić information content (AvgIpc) is 2.96. The number of hydrogen-bond acceptors (Lipinski definition) is 3. The number of benzene rings is 2. The Morgan fingerprint density at radius 1 is 1.00 bits per heavy atom. The number of anilines is 2. The maximum atomic E-state index is 13.2. The molecule has 0 amide bonds. The molecule has 0 radical (unpaired) electrons. The summed E-state index contributed by atoms with van der Waals surface area (Å²) < 4.78 is 15.2. The van der Waals surface area contributed by atoms with E-state index < -0.39 is 0 Å². The molecule has 0 unspecified atom stereocenters. The summed E-state index contributed by atoms with van der Waals surface area (Å²) in [6.45, 7) is 2.05. The van der Waals surface area contributed by atoms with Gasteiger partial charge < -0.3 is 5.32 Å². The zero-order chi connectivity index (χ0) is 16.5. The molecule has 118 valence electrons. The molecule has 2 aromatic carbocycles. The maximum Gasteiger partial charge on any atom is 0.157 e. The van der Waals surface area contributed by atoms with Gasteiger partial charge in [0.15, 0.2) is 5.65 Å². The molecule has 4 rings (SSSR count). The largest absolute Gasteiger partial charge is 0.339 e. The SMILES string of the molecule is Cc1ccc(Nc2c(-c3ccc(F)cc3)nc3cnccn23)cc1. The van der Waals surface area contributed by atoms with Gasteiger partial charge in [-0.1, -0.05) is 17.7 Å². The van der Waals surface area contributed by atoms with Crippen molar-refractivity contribution in [2.24, 2.45) is 0 Å². The normalized spacial score (nSPS) is 10.9. The third-order valence-electron chi connectivity index (χ3n) is 3.86. The number of nitrogens with zero attached hydrogens (tertiary/aromatic N) is 3. The number of aryl methyl sites for hydroxylation is 1. The molecule has 0 saturated carbocycles. The molecule has 0 bridgehead atoms. The summed E-state index contributed by atoms with van der Waals surface area (Å²) in [5, 5.41) is 3.41. The summed E-state index contributed by atoms with van der Waals surface area (Å²) in [6.07, 6.45) is 5.27. The van der Waals surface area contributed by atoms with Gasteiger partial charge in [-0.2, -0.15) is 0 Å². The van der Waals surface area contributed by atoms with Gasteiger partial charge in [0.2, 0.25) is 0 Å². The molecule has 2 aromatic heterocycles. The van der Waals surface area contributed by atoms with Crippen molar-refractivity contribution in [1.82, 2.24) is 14.4 Å². The van der Waals surface area contributed by atoms with Crippen LogP contribution in [0, 0.1) is 12.7 Å².